The molecular formula is C12H18Cl3N3O3S. The Morgan fingerprint density at radius 3 is 2.73 bits per heavy atom. The van der Waals surface area contributed by atoms with E-state index in [2.05, 4.69) is 10.0 Å². The molecule has 0 saturated carbocycles. The molecule has 1 fully saturated rings. The summed E-state index contributed by atoms with van der Waals surface area (Å²) in [5, 5.41) is 9.08. The van der Waals surface area contributed by atoms with Gasteiger partial charge in [0, 0.05) is 25.6 Å². The van der Waals surface area contributed by atoms with Crippen LogP contribution in [0.3, 0.4) is 0 Å². The minimum Gasteiger partial charge on any atom is -0.372 e. The molecule has 0 radical (unpaired) electrons. The van der Waals surface area contributed by atoms with E-state index in [-0.39, 0.29) is 31.0 Å². The van der Waals surface area contributed by atoms with Crippen LogP contribution in [0.5, 0.6) is 0 Å². The first-order chi connectivity index (χ1) is 9.87. The van der Waals surface area contributed by atoms with Gasteiger partial charge in [0.05, 0.1) is 22.8 Å². The number of halogens is 3. The fourth-order valence-electron chi connectivity index (χ4n) is 2.25. The predicted molar refractivity (Wildman–Crippen MR) is 89.9 cm³/mol. The van der Waals surface area contributed by atoms with Crippen LogP contribution in [0.1, 0.15) is 11.7 Å². The third-order valence-electron chi connectivity index (χ3n) is 3.23. The first-order valence-electron chi connectivity index (χ1n) is 6.41. The smallest absolute Gasteiger partial charge is 0.274 e. The molecule has 126 valence electrons. The fourth-order valence-corrected chi connectivity index (χ4v) is 3.00. The number of ether oxygens (including phenoxy) is 1. The Bertz CT molecular complexity index is 601. The standard InChI is InChI=1S/C12H17Cl2N3O3S.ClH/c13-10-2-1-8(5-11(10)14)12-9(6-16-3-4-20-12)7-17-21(15,18)19;/h1-2,5,9,12,16-17H,3-4,6-7H2,(H2,15,18,19);1H/t9-,12-;/m1./s1. The fraction of sp³-hybridized carbons (Fsp3) is 0.500. The van der Waals surface area contributed by atoms with E-state index in [1.807, 2.05) is 6.07 Å². The van der Waals surface area contributed by atoms with Crippen molar-refractivity contribution in [3.63, 3.8) is 0 Å². The van der Waals surface area contributed by atoms with Gasteiger partial charge < -0.3 is 10.1 Å². The third-order valence-corrected chi connectivity index (χ3v) is 4.54. The van der Waals surface area contributed by atoms with Gasteiger partial charge in [-0.3, -0.25) is 0 Å². The maximum atomic E-state index is 11.1. The van der Waals surface area contributed by atoms with E-state index in [9.17, 15) is 8.42 Å². The van der Waals surface area contributed by atoms with Crippen LogP contribution in [0.15, 0.2) is 18.2 Å². The van der Waals surface area contributed by atoms with Gasteiger partial charge in [0.25, 0.3) is 10.2 Å². The van der Waals surface area contributed by atoms with Gasteiger partial charge in [0.2, 0.25) is 0 Å². The Morgan fingerprint density at radius 2 is 2.09 bits per heavy atom. The summed E-state index contributed by atoms with van der Waals surface area (Å²) in [7, 11) is -3.74. The van der Waals surface area contributed by atoms with Crippen molar-refractivity contribution in [1.82, 2.24) is 10.0 Å². The van der Waals surface area contributed by atoms with Gasteiger partial charge in [0.1, 0.15) is 0 Å². The van der Waals surface area contributed by atoms with Gasteiger partial charge in [-0.1, -0.05) is 29.3 Å². The van der Waals surface area contributed by atoms with Crippen LogP contribution in [-0.2, 0) is 14.9 Å². The van der Waals surface area contributed by atoms with Crippen molar-refractivity contribution in [2.75, 3.05) is 26.2 Å². The highest BCUT2D eigenvalue weighted by Gasteiger charge is 2.27. The molecule has 0 unspecified atom stereocenters. The van der Waals surface area contributed by atoms with E-state index in [0.29, 0.717) is 29.7 Å². The lowest BCUT2D eigenvalue weighted by Gasteiger charge is -2.25. The Balaban J connectivity index is 0.00000242. The molecule has 1 aliphatic rings. The summed E-state index contributed by atoms with van der Waals surface area (Å²) in [6, 6.07) is 5.27. The van der Waals surface area contributed by atoms with Crippen LogP contribution >= 0.6 is 35.6 Å². The predicted octanol–water partition coefficient (Wildman–Crippen LogP) is 1.49. The number of hydrogen-bond acceptors (Lipinski definition) is 4. The van der Waals surface area contributed by atoms with Crippen molar-refractivity contribution < 1.29 is 13.2 Å². The van der Waals surface area contributed by atoms with Crippen LogP contribution < -0.4 is 15.2 Å². The van der Waals surface area contributed by atoms with E-state index in [1.165, 1.54) is 0 Å². The molecule has 1 aromatic carbocycles. The summed E-state index contributed by atoms with van der Waals surface area (Å²) < 4.78 is 30.3. The summed E-state index contributed by atoms with van der Waals surface area (Å²) in [5.41, 5.74) is 0.856. The number of benzene rings is 1. The van der Waals surface area contributed by atoms with Crippen LogP contribution in [-0.4, -0.2) is 34.7 Å². The molecule has 22 heavy (non-hydrogen) atoms. The number of rotatable bonds is 4. The number of nitrogens with two attached hydrogens (primary N) is 1. The molecular weight excluding hydrogens is 373 g/mol. The quantitative estimate of drug-likeness (QED) is 0.726. The molecule has 4 N–H and O–H groups in total. The summed E-state index contributed by atoms with van der Waals surface area (Å²) in [5.74, 6) is -0.108. The van der Waals surface area contributed by atoms with Gasteiger partial charge in [-0.2, -0.15) is 8.42 Å². The highest BCUT2D eigenvalue weighted by atomic mass is 35.5. The zero-order valence-electron chi connectivity index (χ0n) is 11.6. The minimum absolute atomic E-state index is 0. The van der Waals surface area contributed by atoms with E-state index in [0.717, 1.165) is 5.56 Å². The van der Waals surface area contributed by atoms with Crippen molar-refractivity contribution in [3.05, 3.63) is 33.8 Å². The van der Waals surface area contributed by atoms with Crippen molar-refractivity contribution in [3.8, 4) is 0 Å². The van der Waals surface area contributed by atoms with E-state index < -0.39 is 10.2 Å². The SMILES string of the molecule is Cl.NS(=O)(=O)NC[C@H]1CNCCO[C@@H]1c1ccc(Cl)c(Cl)c1. The number of nitrogens with one attached hydrogen (secondary N) is 2. The lowest BCUT2D eigenvalue weighted by Crippen LogP contribution is -2.39. The molecule has 2 atom stereocenters. The Hall–Kier alpha value is -0.120. The zero-order valence-corrected chi connectivity index (χ0v) is 14.7. The Morgan fingerprint density at radius 1 is 1.36 bits per heavy atom. The molecule has 0 aromatic heterocycles. The summed E-state index contributed by atoms with van der Waals surface area (Å²) in [6.45, 7) is 2.00. The van der Waals surface area contributed by atoms with Crippen molar-refractivity contribution >= 4 is 45.8 Å². The molecule has 2 rings (SSSR count). The first kappa shape index (κ1) is 19.9. The van der Waals surface area contributed by atoms with Crippen molar-refractivity contribution in [2.24, 2.45) is 11.1 Å². The molecule has 1 aliphatic heterocycles. The normalized spacial score (nSPS) is 22.7. The van der Waals surface area contributed by atoms with Crippen LogP contribution in [0.2, 0.25) is 10.0 Å². The topological polar surface area (TPSA) is 93.5 Å². The highest BCUT2D eigenvalue weighted by molar-refractivity contribution is 7.87. The molecule has 0 amide bonds. The first-order valence-corrected chi connectivity index (χ1v) is 8.71. The largest absolute Gasteiger partial charge is 0.372 e. The van der Waals surface area contributed by atoms with E-state index >= 15 is 0 Å². The van der Waals surface area contributed by atoms with Gasteiger partial charge in [-0.05, 0) is 17.7 Å². The average molecular weight is 391 g/mol. The molecule has 6 nitrogen and oxygen atoms in total. The monoisotopic (exact) mass is 389 g/mol. The molecule has 1 aromatic rings. The van der Waals surface area contributed by atoms with Gasteiger partial charge >= 0.3 is 0 Å². The second-order valence-electron chi connectivity index (χ2n) is 4.82. The van der Waals surface area contributed by atoms with Crippen LogP contribution in [0, 0.1) is 5.92 Å². The van der Waals surface area contributed by atoms with Gasteiger partial charge in [-0.15, -0.1) is 12.4 Å². The molecule has 0 spiro atoms. The molecule has 10 heteroatoms. The van der Waals surface area contributed by atoms with Crippen LogP contribution in [0.25, 0.3) is 0 Å². The van der Waals surface area contributed by atoms with Gasteiger partial charge in [-0.25, -0.2) is 9.86 Å². The van der Waals surface area contributed by atoms with E-state index in [4.69, 9.17) is 33.1 Å². The maximum Gasteiger partial charge on any atom is 0.274 e. The lowest BCUT2D eigenvalue weighted by atomic mass is 9.95. The third kappa shape index (κ3) is 5.82. The molecule has 0 aliphatic carbocycles. The number of hydrogen-bond donors (Lipinski definition) is 3. The Labute approximate surface area is 146 Å². The van der Waals surface area contributed by atoms with Gasteiger partial charge in [0.15, 0.2) is 0 Å². The summed E-state index contributed by atoms with van der Waals surface area (Å²) >= 11 is 12.0. The highest BCUT2D eigenvalue weighted by Crippen LogP contribution is 2.31. The second-order valence-corrected chi connectivity index (χ2v) is 7.02. The Kier molecular flexibility index (Phi) is 7.84. The molecule has 1 saturated heterocycles. The van der Waals surface area contributed by atoms with E-state index in [1.54, 1.807) is 12.1 Å². The lowest BCUT2D eigenvalue weighted by molar-refractivity contribution is 0.0322. The van der Waals surface area contributed by atoms with Crippen molar-refractivity contribution in [1.29, 1.82) is 0 Å². The minimum atomic E-state index is -3.74. The summed E-state index contributed by atoms with van der Waals surface area (Å²) in [6.07, 6.45) is -0.288. The average Bonchev–Trinajstić information content (AvgIpc) is 2.64. The van der Waals surface area contributed by atoms with Crippen molar-refractivity contribution in [2.45, 2.75) is 6.10 Å². The molecule has 1 heterocycles. The summed E-state index contributed by atoms with van der Waals surface area (Å²) in [4.78, 5) is 0. The maximum absolute atomic E-state index is 11.1. The van der Waals surface area contributed by atoms with Crippen LogP contribution in [0.4, 0.5) is 0 Å². The second kappa shape index (κ2) is 8.65. The zero-order chi connectivity index (χ0) is 15.5. The molecule has 0 bridgehead atoms.